The van der Waals surface area contributed by atoms with E-state index in [9.17, 15) is 32.3 Å². The molecule has 3 fully saturated rings. The maximum absolute atomic E-state index is 13.4. The van der Waals surface area contributed by atoms with Gasteiger partial charge in [0.2, 0.25) is 11.8 Å². The first kappa shape index (κ1) is 36.5. The van der Waals surface area contributed by atoms with Crippen molar-refractivity contribution >= 4 is 51.0 Å². The van der Waals surface area contributed by atoms with E-state index in [-0.39, 0.29) is 29.8 Å². The lowest BCUT2D eigenvalue weighted by Crippen LogP contribution is -2.48. The summed E-state index contributed by atoms with van der Waals surface area (Å²) in [6.07, 6.45) is 1.94. The largest absolute Gasteiger partial charge is 0.433 e. The first-order chi connectivity index (χ1) is 26.3. The Labute approximate surface area is 314 Å². The highest BCUT2D eigenvalue weighted by atomic mass is 19.4. The Kier molecular flexibility index (Phi) is 9.47. The molecule has 3 aliphatic rings. The number of benzene rings is 2. The summed E-state index contributed by atoms with van der Waals surface area (Å²) in [6, 6.07) is 12.3. The van der Waals surface area contributed by atoms with Gasteiger partial charge in [-0.1, -0.05) is 12.1 Å². The Bertz CT molecular complexity index is 2370. The molecule has 3 aromatic heterocycles. The van der Waals surface area contributed by atoms with E-state index in [1.165, 1.54) is 16.7 Å². The summed E-state index contributed by atoms with van der Waals surface area (Å²) in [5.74, 6) is -0.909. The molecular weight excluding hydrogens is 715 g/mol. The van der Waals surface area contributed by atoms with Gasteiger partial charge in [-0.05, 0) is 86.9 Å². The van der Waals surface area contributed by atoms with Crippen LogP contribution in [-0.2, 0) is 22.8 Å². The average Bonchev–Trinajstić information content (AvgIpc) is 3.69. The highest BCUT2D eigenvalue weighted by Crippen LogP contribution is 2.35. The monoisotopic (exact) mass is 757 g/mol. The van der Waals surface area contributed by atoms with Crippen molar-refractivity contribution in [3.63, 3.8) is 0 Å². The van der Waals surface area contributed by atoms with Crippen molar-refractivity contribution in [1.82, 2.24) is 34.1 Å². The molecule has 288 valence electrons. The second-order valence-electron chi connectivity index (χ2n) is 15.0. The van der Waals surface area contributed by atoms with Crippen molar-refractivity contribution in [3.8, 4) is 0 Å². The molecule has 2 N–H and O–H groups in total. The molecule has 13 nitrogen and oxygen atoms in total. The third-order valence-corrected chi connectivity index (χ3v) is 11.4. The summed E-state index contributed by atoms with van der Waals surface area (Å²) >= 11 is 0. The number of amides is 3. The van der Waals surface area contributed by atoms with Crippen molar-refractivity contribution in [1.29, 1.82) is 0 Å². The van der Waals surface area contributed by atoms with Crippen molar-refractivity contribution in [2.45, 2.75) is 63.7 Å². The number of carbonyl (C=O) groups excluding carboxylic acids is 3. The minimum absolute atomic E-state index is 0.198. The fourth-order valence-corrected chi connectivity index (χ4v) is 8.45. The van der Waals surface area contributed by atoms with Gasteiger partial charge in [0, 0.05) is 63.5 Å². The van der Waals surface area contributed by atoms with Crippen LogP contribution >= 0.6 is 0 Å². The summed E-state index contributed by atoms with van der Waals surface area (Å²) in [5.41, 5.74) is 2.77. The van der Waals surface area contributed by atoms with Crippen molar-refractivity contribution in [2.75, 3.05) is 42.9 Å². The van der Waals surface area contributed by atoms with Gasteiger partial charge in [0.25, 0.3) is 5.91 Å². The van der Waals surface area contributed by atoms with Crippen LogP contribution in [0, 0.1) is 12.8 Å². The molecule has 0 bridgehead atoms. The van der Waals surface area contributed by atoms with Gasteiger partial charge in [0.15, 0.2) is 0 Å². The minimum Gasteiger partial charge on any atom is -0.367 e. The number of fused-ring (bicyclic) bond motifs is 2. The number of halogens is 3. The highest BCUT2D eigenvalue weighted by molar-refractivity contribution is 6.04. The van der Waals surface area contributed by atoms with Gasteiger partial charge in [-0.3, -0.25) is 38.4 Å². The molecule has 0 radical (unpaired) electrons. The number of rotatable bonds is 7. The van der Waals surface area contributed by atoms with E-state index in [2.05, 4.69) is 25.4 Å². The Morgan fingerprint density at radius 2 is 1.71 bits per heavy atom. The molecule has 55 heavy (non-hydrogen) atoms. The number of pyridine rings is 1. The number of piperazine rings is 1. The predicted molar refractivity (Wildman–Crippen MR) is 200 cm³/mol. The maximum atomic E-state index is 13.4. The van der Waals surface area contributed by atoms with Crippen LogP contribution in [0.5, 0.6) is 0 Å². The molecule has 2 saturated heterocycles. The van der Waals surface area contributed by atoms with Gasteiger partial charge >= 0.3 is 11.9 Å². The number of para-hydroxylation sites is 1. The van der Waals surface area contributed by atoms with Gasteiger partial charge < -0.3 is 10.2 Å². The zero-order valence-corrected chi connectivity index (χ0v) is 30.6. The first-order valence-corrected chi connectivity index (χ1v) is 18.7. The summed E-state index contributed by atoms with van der Waals surface area (Å²) in [7, 11) is 1.73. The zero-order chi connectivity index (χ0) is 38.6. The first-order valence-electron chi connectivity index (χ1n) is 18.7. The molecule has 8 rings (SSSR count). The number of piperidine rings is 1. The standard InChI is InChI=1S/C39H42F3N9O4/c1-23-19-29-25(20-28(23)44-36(53)27-5-3-8-33(43-27)39(40,41)42)22-50(46-29)26-11-9-24(10-12-26)21-48-15-17-49(18-16-48)30-6-4-7-31-35(30)47(2)38(55)51(31)32-13-14-34(52)45-37(32)54/h3-8,19-20,22,24,26,32H,9-18,21H2,1-2H3,(H,44,53)(H,45,52,54)/t24-,26-,32-/m0/s1. The molecule has 0 spiro atoms. The Morgan fingerprint density at radius 1 is 0.964 bits per heavy atom. The lowest BCUT2D eigenvalue weighted by atomic mass is 9.85. The number of nitrogens with one attached hydrogen (secondary N) is 2. The maximum Gasteiger partial charge on any atom is 0.433 e. The Balaban J connectivity index is 0.868. The molecule has 0 unspecified atom stereocenters. The zero-order valence-electron chi connectivity index (χ0n) is 30.6. The molecule has 1 saturated carbocycles. The van der Waals surface area contributed by atoms with Crippen LogP contribution in [-0.4, -0.2) is 79.2 Å². The molecule has 2 aromatic carbocycles. The average molecular weight is 758 g/mol. The van der Waals surface area contributed by atoms with Gasteiger partial charge in [-0.2, -0.15) is 18.3 Å². The van der Waals surface area contributed by atoms with E-state index in [0.29, 0.717) is 23.5 Å². The van der Waals surface area contributed by atoms with E-state index in [0.717, 1.165) is 92.1 Å². The summed E-state index contributed by atoms with van der Waals surface area (Å²) in [5, 5.41) is 10.8. The fourth-order valence-electron chi connectivity index (χ4n) is 8.45. The Morgan fingerprint density at radius 3 is 2.44 bits per heavy atom. The summed E-state index contributed by atoms with van der Waals surface area (Å²) in [4.78, 5) is 59.0. The Hall–Kier alpha value is -5.51. The summed E-state index contributed by atoms with van der Waals surface area (Å²) in [6.45, 7) is 6.24. The van der Waals surface area contributed by atoms with Gasteiger partial charge in [0.1, 0.15) is 17.4 Å². The van der Waals surface area contributed by atoms with Crippen molar-refractivity contribution < 1.29 is 27.6 Å². The van der Waals surface area contributed by atoms with Crippen LogP contribution in [0.4, 0.5) is 24.5 Å². The van der Waals surface area contributed by atoms with Crippen LogP contribution in [0.1, 0.15) is 72.4 Å². The van der Waals surface area contributed by atoms with E-state index in [4.69, 9.17) is 5.10 Å². The van der Waals surface area contributed by atoms with Crippen molar-refractivity contribution in [2.24, 2.45) is 13.0 Å². The van der Waals surface area contributed by atoms with Gasteiger partial charge in [-0.15, -0.1) is 0 Å². The molecule has 16 heteroatoms. The number of aryl methyl sites for hydroxylation is 2. The van der Waals surface area contributed by atoms with Gasteiger partial charge in [0.05, 0.1) is 28.3 Å². The van der Waals surface area contributed by atoms with Crippen LogP contribution in [0.15, 0.2) is 59.5 Å². The third-order valence-electron chi connectivity index (χ3n) is 11.4. The smallest absolute Gasteiger partial charge is 0.367 e. The molecule has 5 heterocycles. The SMILES string of the molecule is Cc1cc2nn([C@H]3CC[C@H](CN4CCN(c5cccc6c5n(C)c(=O)n6[C@H]5CCC(=O)NC5=O)CC4)CC3)cc2cc1NC(=O)c1cccc(C(F)(F)F)n1. The molecule has 1 atom stereocenters. The number of carbonyl (C=O) groups is 3. The van der Waals surface area contributed by atoms with Crippen molar-refractivity contribution in [3.05, 3.63) is 82.2 Å². The topological polar surface area (TPSA) is 139 Å². The molecule has 2 aliphatic heterocycles. The number of aromatic nitrogens is 5. The van der Waals surface area contributed by atoms with Crippen LogP contribution in [0.25, 0.3) is 21.9 Å². The predicted octanol–water partition coefficient (Wildman–Crippen LogP) is 5.20. The highest BCUT2D eigenvalue weighted by Gasteiger charge is 2.34. The lowest BCUT2D eigenvalue weighted by molar-refractivity contribution is -0.141. The van der Waals surface area contributed by atoms with E-state index < -0.39 is 29.7 Å². The number of imide groups is 1. The van der Waals surface area contributed by atoms with E-state index in [1.807, 2.05) is 42.1 Å². The fraction of sp³-hybridized carbons (Fsp3) is 0.436. The second-order valence-corrected chi connectivity index (χ2v) is 15.0. The van der Waals surface area contributed by atoms with Gasteiger partial charge in [-0.25, -0.2) is 9.78 Å². The number of imidazole rings is 1. The quantitative estimate of drug-likeness (QED) is 0.216. The number of hydrogen-bond acceptors (Lipinski definition) is 8. The van der Waals surface area contributed by atoms with E-state index in [1.54, 1.807) is 17.7 Å². The summed E-state index contributed by atoms with van der Waals surface area (Å²) < 4.78 is 44.6. The second kappa shape index (κ2) is 14.3. The van der Waals surface area contributed by atoms with Crippen LogP contribution in [0.2, 0.25) is 0 Å². The number of hydrogen-bond donors (Lipinski definition) is 2. The normalized spacial score (nSPS) is 21.3. The molecular formula is C39H42F3N9O4. The third kappa shape index (κ3) is 7.10. The molecule has 3 amide bonds. The van der Waals surface area contributed by atoms with Crippen LogP contribution in [0.3, 0.4) is 0 Å². The van der Waals surface area contributed by atoms with Crippen LogP contribution < -0.4 is 21.2 Å². The number of alkyl halides is 3. The number of nitrogens with zero attached hydrogens (tertiary/aromatic N) is 7. The molecule has 5 aromatic rings. The molecule has 1 aliphatic carbocycles. The van der Waals surface area contributed by atoms with E-state index >= 15 is 0 Å². The minimum atomic E-state index is -4.65. The number of anilines is 2. The lowest BCUT2D eigenvalue weighted by Gasteiger charge is -2.39.